The molecule has 1 amide bonds. The number of aliphatic hydroxyl groups is 3. The van der Waals surface area contributed by atoms with E-state index in [0.29, 0.717) is 63.5 Å². The highest BCUT2D eigenvalue weighted by atomic mass is 16.7. The molecule has 1 saturated carbocycles. The summed E-state index contributed by atoms with van der Waals surface area (Å²) in [7, 11) is 4.62. The fraction of sp³-hybridized carbons (Fsp3) is 0.830. The van der Waals surface area contributed by atoms with Gasteiger partial charge in [0.15, 0.2) is 0 Å². The number of hydrogen-bond donors (Lipinski definition) is 3. The number of methoxy groups -OCH3 is 3. The first kappa shape index (κ1) is 51.1. The van der Waals surface area contributed by atoms with E-state index in [-0.39, 0.29) is 49.5 Å². The van der Waals surface area contributed by atoms with E-state index in [1.165, 1.54) is 19.1 Å². The van der Waals surface area contributed by atoms with Crippen molar-refractivity contribution in [3.05, 3.63) is 23.3 Å². The van der Waals surface area contributed by atoms with Gasteiger partial charge in [0.25, 0.3) is 11.7 Å². The molecule has 2 saturated heterocycles. The third kappa shape index (κ3) is 13.2. The van der Waals surface area contributed by atoms with Gasteiger partial charge in [0.05, 0.1) is 36.1 Å². The molecule has 1 aliphatic carbocycles. The van der Waals surface area contributed by atoms with Gasteiger partial charge >= 0.3 is 5.97 Å². The SMILES string of the molecule is CO[C@H]1C[C@@H](C)[C@@]2(O)O[C@H]1[C@H](OC)C[C@@H](C)C/C(C)=C/[C@@H](CCOC(C)(C)C)C(=O)C[C@H](O)[C@@H](C)[C@H](/C(C)=C/[C@@H]1CC[C@@H](O)[C@H](OC)C1)OC(=O)[C@@H]1CCCCN1C(=O)C2=O. The standard InChI is InChI=1S/C47H77NO13/c1-27-20-28(2)22-39(57-10)42-40(58-11)24-30(4)47(55,61-42)43(52)44(53)48-18-13-12-14-34(48)45(54)60-41(29(3)23-32-15-16-35(49)38(25-32)56-9)31(5)36(50)26-37(51)33(21-27)17-19-59-46(6,7)8/h21,23,28,30-36,38-42,49-50,55H,12-20,22,24-26H2,1-11H3/b27-21+,29-23+/t28-,30+,31+,32-,33+,34-,35+,36-,38+,39+,40-,41-,42-,47+/m0/s1. The van der Waals surface area contributed by atoms with Crippen molar-refractivity contribution in [2.24, 2.45) is 29.6 Å². The molecule has 14 nitrogen and oxygen atoms in total. The Kier molecular flexibility index (Phi) is 18.7. The van der Waals surface area contributed by atoms with Crippen LogP contribution in [0, 0.1) is 29.6 Å². The lowest BCUT2D eigenvalue weighted by Gasteiger charge is -2.47. The zero-order valence-electron chi connectivity index (χ0n) is 38.7. The molecule has 3 fully saturated rings. The molecule has 348 valence electrons. The highest BCUT2D eigenvalue weighted by molar-refractivity contribution is 6.39. The number of cyclic esters (lactones) is 1. The van der Waals surface area contributed by atoms with Crippen LogP contribution in [0.3, 0.4) is 0 Å². The molecule has 0 unspecified atom stereocenters. The van der Waals surface area contributed by atoms with Crippen LogP contribution in [0.5, 0.6) is 0 Å². The lowest BCUT2D eigenvalue weighted by atomic mass is 9.81. The van der Waals surface area contributed by atoms with Gasteiger partial charge in [-0.15, -0.1) is 0 Å². The molecule has 0 aromatic heterocycles. The monoisotopic (exact) mass is 864 g/mol. The minimum atomic E-state index is -2.52. The Morgan fingerprint density at radius 2 is 1.56 bits per heavy atom. The van der Waals surface area contributed by atoms with E-state index in [2.05, 4.69) is 0 Å². The summed E-state index contributed by atoms with van der Waals surface area (Å²) >= 11 is 0. The molecule has 2 bridgehead atoms. The van der Waals surface area contributed by atoms with Crippen molar-refractivity contribution in [3.8, 4) is 0 Å². The van der Waals surface area contributed by atoms with Gasteiger partial charge in [0.2, 0.25) is 5.79 Å². The summed E-state index contributed by atoms with van der Waals surface area (Å²) in [5.74, 6) is -7.85. The summed E-state index contributed by atoms with van der Waals surface area (Å²) < 4.78 is 36.0. The van der Waals surface area contributed by atoms with Crippen LogP contribution < -0.4 is 0 Å². The minimum Gasteiger partial charge on any atom is -0.456 e. The van der Waals surface area contributed by atoms with E-state index in [0.717, 1.165) is 5.57 Å². The van der Waals surface area contributed by atoms with Gasteiger partial charge in [-0.25, -0.2) is 4.79 Å². The number of piperidine rings is 1. The van der Waals surface area contributed by atoms with Crippen molar-refractivity contribution in [1.82, 2.24) is 4.90 Å². The molecule has 14 atom stereocenters. The summed E-state index contributed by atoms with van der Waals surface area (Å²) in [4.78, 5) is 58.4. The van der Waals surface area contributed by atoms with Crippen molar-refractivity contribution in [2.75, 3.05) is 34.5 Å². The molecule has 14 heteroatoms. The first-order chi connectivity index (χ1) is 28.6. The number of Topliss-reactive ketones (excluding diaryl/α,β-unsaturated/α-hetero) is 2. The average molecular weight is 864 g/mol. The number of amides is 1. The third-order valence-electron chi connectivity index (χ3n) is 13.4. The average Bonchev–Trinajstić information content (AvgIpc) is 3.21. The molecule has 0 aromatic carbocycles. The highest BCUT2D eigenvalue weighted by Crippen LogP contribution is 2.39. The van der Waals surface area contributed by atoms with Crippen molar-refractivity contribution in [2.45, 2.75) is 186 Å². The lowest BCUT2D eigenvalue weighted by molar-refractivity contribution is -0.302. The largest absolute Gasteiger partial charge is 0.456 e. The van der Waals surface area contributed by atoms with Crippen LogP contribution in [0.15, 0.2) is 23.3 Å². The Balaban J connectivity index is 1.79. The number of aliphatic hydroxyl groups excluding tert-OH is 2. The van der Waals surface area contributed by atoms with E-state index in [4.69, 9.17) is 28.4 Å². The van der Waals surface area contributed by atoms with E-state index < -0.39 is 89.5 Å². The molecule has 0 spiro atoms. The summed E-state index contributed by atoms with van der Waals surface area (Å²) in [5, 5.41) is 34.4. The fourth-order valence-electron chi connectivity index (χ4n) is 9.78. The molecule has 4 aliphatic rings. The first-order valence-electron chi connectivity index (χ1n) is 22.6. The van der Waals surface area contributed by atoms with E-state index in [1.807, 2.05) is 53.7 Å². The van der Waals surface area contributed by atoms with Crippen LogP contribution in [-0.4, -0.2) is 138 Å². The number of allylic oxidation sites excluding steroid dienone is 3. The number of carbonyl (C=O) groups is 4. The number of fused-ring (bicyclic) bond motifs is 3. The molecule has 3 aliphatic heterocycles. The Labute approximate surface area is 364 Å². The topological polar surface area (TPSA) is 188 Å². The predicted octanol–water partition coefficient (Wildman–Crippen LogP) is 5.27. The molecular weight excluding hydrogens is 787 g/mol. The quantitative estimate of drug-likeness (QED) is 0.163. The van der Waals surface area contributed by atoms with Gasteiger partial charge in [-0.1, -0.05) is 38.5 Å². The molecule has 3 heterocycles. The lowest BCUT2D eigenvalue weighted by Crippen LogP contribution is -2.64. The van der Waals surface area contributed by atoms with E-state index >= 15 is 0 Å². The second kappa shape index (κ2) is 22.4. The number of ether oxygens (including phenoxy) is 6. The predicted molar refractivity (Wildman–Crippen MR) is 228 cm³/mol. The van der Waals surface area contributed by atoms with Gasteiger partial charge in [0.1, 0.15) is 24.0 Å². The van der Waals surface area contributed by atoms with Gasteiger partial charge < -0.3 is 48.6 Å². The fourth-order valence-corrected chi connectivity index (χ4v) is 9.78. The highest BCUT2D eigenvalue weighted by Gasteiger charge is 2.56. The zero-order valence-corrected chi connectivity index (χ0v) is 38.7. The molecule has 4 rings (SSSR count). The maximum absolute atomic E-state index is 14.4. The van der Waals surface area contributed by atoms with Crippen LogP contribution in [0.4, 0.5) is 0 Å². The van der Waals surface area contributed by atoms with Crippen molar-refractivity contribution in [3.63, 3.8) is 0 Å². The van der Waals surface area contributed by atoms with Crippen molar-refractivity contribution < 1.29 is 62.9 Å². The number of carbonyl (C=O) groups excluding carboxylic acids is 4. The van der Waals surface area contributed by atoms with E-state index in [1.54, 1.807) is 21.0 Å². The Morgan fingerprint density at radius 1 is 0.902 bits per heavy atom. The molecule has 0 aromatic rings. The first-order valence-corrected chi connectivity index (χ1v) is 22.6. The third-order valence-corrected chi connectivity index (χ3v) is 13.4. The van der Waals surface area contributed by atoms with Crippen LogP contribution in [0.25, 0.3) is 0 Å². The molecule has 0 radical (unpaired) electrons. The maximum Gasteiger partial charge on any atom is 0.329 e. The summed E-state index contributed by atoms with van der Waals surface area (Å²) in [5.41, 5.74) is 1.19. The minimum absolute atomic E-state index is 0.00670. The van der Waals surface area contributed by atoms with Crippen LogP contribution in [0.1, 0.15) is 126 Å². The summed E-state index contributed by atoms with van der Waals surface area (Å²) in [6.45, 7) is 15.5. The van der Waals surface area contributed by atoms with Crippen LogP contribution in [-0.2, 0) is 47.6 Å². The van der Waals surface area contributed by atoms with Gasteiger partial charge in [0, 0.05) is 58.7 Å². The smallest absolute Gasteiger partial charge is 0.329 e. The Bertz CT molecular complexity index is 1560. The number of nitrogens with zero attached hydrogens (tertiary/aromatic N) is 1. The van der Waals surface area contributed by atoms with Gasteiger partial charge in [-0.3, -0.25) is 14.4 Å². The van der Waals surface area contributed by atoms with Crippen LogP contribution in [0.2, 0.25) is 0 Å². The number of hydrogen-bond acceptors (Lipinski definition) is 13. The van der Waals surface area contributed by atoms with Crippen LogP contribution >= 0.6 is 0 Å². The second-order valence-corrected chi connectivity index (χ2v) is 19.5. The number of ketones is 2. The Morgan fingerprint density at radius 3 is 2.20 bits per heavy atom. The van der Waals surface area contributed by atoms with Gasteiger partial charge in [-0.05, 0) is 116 Å². The summed E-state index contributed by atoms with van der Waals surface area (Å²) in [6.07, 6.45) is 3.17. The Hall–Kier alpha value is -2.56. The maximum atomic E-state index is 14.4. The normalized spacial score (nSPS) is 39.4. The molecule has 61 heavy (non-hydrogen) atoms. The number of esters is 1. The second-order valence-electron chi connectivity index (χ2n) is 19.5. The molecular formula is C47H77NO13. The summed E-state index contributed by atoms with van der Waals surface area (Å²) in [6, 6.07) is -1.15. The van der Waals surface area contributed by atoms with Gasteiger partial charge in [-0.2, -0.15) is 0 Å². The zero-order chi connectivity index (χ0) is 45.4. The number of rotatable bonds is 8. The van der Waals surface area contributed by atoms with Crippen molar-refractivity contribution >= 4 is 23.4 Å². The van der Waals surface area contributed by atoms with Crippen molar-refractivity contribution in [1.29, 1.82) is 0 Å². The molecule has 3 N–H and O–H groups in total. The van der Waals surface area contributed by atoms with E-state index in [9.17, 15) is 34.5 Å².